The second kappa shape index (κ2) is 10.1. The van der Waals surface area contributed by atoms with Crippen LogP contribution in [-0.2, 0) is 11.3 Å². The lowest BCUT2D eigenvalue weighted by Gasteiger charge is -2.36. The predicted octanol–water partition coefficient (Wildman–Crippen LogP) is 2.07. The van der Waals surface area contributed by atoms with Crippen molar-refractivity contribution in [3.63, 3.8) is 0 Å². The van der Waals surface area contributed by atoms with Gasteiger partial charge in [0.25, 0.3) is 0 Å². The summed E-state index contributed by atoms with van der Waals surface area (Å²) in [6, 6.07) is 8.18. The second-order valence-electron chi connectivity index (χ2n) is 6.77. The number of carbonyl (C=O) groups is 1. The fourth-order valence-electron chi connectivity index (χ4n) is 3.49. The van der Waals surface area contributed by atoms with E-state index in [9.17, 15) is 4.79 Å². The quantitative estimate of drug-likeness (QED) is 0.482. The number of carbonyl (C=O) groups excluding carboxylic acids is 1. The van der Waals surface area contributed by atoms with E-state index in [0.717, 1.165) is 51.3 Å². The molecule has 1 saturated heterocycles. The van der Waals surface area contributed by atoms with Crippen molar-refractivity contribution in [1.29, 1.82) is 0 Å². The van der Waals surface area contributed by atoms with Gasteiger partial charge in [-0.3, -0.25) is 4.90 Å². The summed E-state index contributed by atoms with van der Waals surface area (Å²) < 4.78 is 12.1. The summed E-state index contributed by atoms with van der Waals surface area (Å²) in [7, 11) is 1.72. The Morgan fingerprint density at radius 1 is 1.11 bits per heavy atom. The number of hydrogen-bond donors (Lipinski definition) is 0. The molecule has 0 radical (unpaired) electrons. The highest BCUT2D eigenvalue weighted by Gasteiger charge is 2.19. The third-order valence-electron chi connectivity index (χ3n) is 4.99. The lowest BCUT2D eigenvalue weighted by molar-refractivity contribution is 0.0511. The van der Waals surface area contributed by atoms with Crippen LogP contribution in [0.2, 0.25) is 0 Å². The number of anilines is 1. The second-order valence-corrected chi connectivity index (χ2v) is 6.77. The van der Waals surface area contributed by atoms with Gasteiger partial charge in [-0.25, -0.2) is 9.48 Å². The molecular weight excluding hydrogens is 358 g/mol. The highest BCUT2D eigenvalue weighted by atomic mass is 16.5. The smallest absolute Gasteiger partial charge is 0.358 e. The summed E-state index contributed by atoms with van der Waals surface area (Å²) in [6.07, 6.45) is 3.47. The van der Waals surface area contributed by atoms with Crippen LogP contribution < -0.4 is 9.64 Å². The van der Waals surface area contributed by atoms with E-state index < -0.39 is 0 Å². The number of methoxy groups -OCH3 is 1. The molecule has 0 saturated carbocycles. The van der Waals surface area contributed by atoms with Crippen molar-refractivity contribution >= 4 is 11.7 Å². The van der Waals surface area contributed by atoms with Gasteiger partial charge in [-0.1, -0.05) is 17.3 Å². The first-order chi connectivity index (χ1) is 13.7. The first-order valence-electron chi connectivity index (χ1n) is 9.89. The van der Waals surface area contributed by atoms with Gasteiger partial charge in [-0.05, 0) is 38.4 Å². The summed E-state index contributed by atoms with van der Waals surface area (Å²) in [5, 5.41) is 7.83. The molecule has 0 N–H and O–H groups in total. The number of ether oxygens (including phenoxy) is 2. The molecule has 0 spiro atoms. The molecule has 1 aliphatic rings. The van der Waals surface area contributed by atoms with Crippen LogP contribution in [0.4, 0.5) is 5.69 Å². The van der Waals surface area contributed by atoms with Crippen molar-refractivity contribution in [2.45, 2.75) is 26.3 Å². The molecule has 1 aromatic carbocycles. The van der Waals surface area contributed by atoms with E-state index in [0.29, 0.717) is 18.8 Å². The number of esters is 1. The number of nitrogens with zero attached hydrogens (tertiary/aromatic N) is 5. The average Bonchev–Trinajstić information content (AvgIpc) is 3.20. The molecule has 8 nitrogen and oxygen atoms in total. The number of unbranched alkanes of at least 4 members (excludes halogenated alkanes) is 1. The van der Waals surface area contributed by atoms with Gasteiger partial charge in [-0.2, -0.15) is 0 Å². The van der Waals surface area contributed by atoms with Crippen LogP contribution in [0.15, 0.2) is 30.5 Å². The highest BCUT2D eigenvalue weighted by molar-refractivity contribution is 5.87. The summed E-state index contributed by atoms with van der Waals surface area (Å²) >= 11 is 0. The maximum absolute atomic E-state index is 11.9. The molecule has 1 aromatic heterocycles. The van der Waals surface area contributed by atoms with Gasteiger partial charge < -0.3 is 14.4 Å². The van der Waals surface area contributed by atoms with Gasteiger partial charge in [0.15, 0.2) is 5.69 Å². The van der Waals surface area contributed by atoms with Gasteiger partial charge in [0.05, 0.1) is 25.6 Å². The number of aromatic nitrogens is 3. The van der Waals surface area contributed by atoms with Gasteiger partial charge in [-0.15, -0.1) is 5.10 Å². The number of aryl methyl sites for hydroxylation is 1. The molecule has 0 atom stereocenters. The maximum atomic E-state index is 11.9. The summed E-state index contributed by atoms with van der Waals surface area (Å²) in [4.78, 5) is 16.7. The van der Waals surface area contributed by atoms with Gasteiger partial charge >= 0.3 is 5.97 Å². The lowest BCUT2D eigenvalue weighted by atomic mass is 10.2. The summed E-state index contributed by atoms with van der Waals surface area (Å²) in [6.45, 7) is 7.93. The minimum Gasteiger partial charge on any atom is -0.495 e. The number of rotatable bonds is 9. The number of piperazine rings is 1. The fraction of sp³-hybridized carbons (Fsp3) is 0.550. The van der Waals surface area contributed by atoms with Gasteiger partial charge in [0.1, 0.15) is 5.75 Å². The van der Waals surface area contributed by atoms with E-state index in [4.69, 9.17) is 9.47 Å². The Labute approximate surface area is 166 Å². The summed E-state index contributed by atoms with van der Waals surface area (Å²) in [5.74, 6) is 0.571. The normalized spacial score (nSPS) is 14.9. The molecule has 28 heavy (non-hydrogen) atoms. The minimum atomic E-state index is -0.361. The lowest BCUT2D eigenvalue weighted by Crippen LogP contribution is -2.46. The Hall–Kier alpha value is -2.61. The van der Waals surface area contributed by atoms with E-state index in [-0.39, 0.29) is 5.97 Å². The maximum Gasteiger partial charge on any atom is 0.358 e. The third-order valence-corrected chi connectivity index (χ3v) is 4.99. The van der Waals surface area contributed by atoms with Crippen molar-refractivity contribution in [2.24, 2.45) is 0 Å². The molecular formula is C20H29N5O3. The van der Waals surface area contributed by atoms with Crippen LogP contribution in [0.3, 0.4) is 0 Å². The zero-order chi connectivity index (χ0) is 19.8. The standard InChI is InChI=1S/C20H29N5O3/c1-3-28-20(26)18-16-21-22-25(18)11-7-6-10-23-12-14-24(15-13-23)17-8-4-5-9-19(17)27-2/h4-5,8-9,16H,3,6-7,10-15H2,1-2H3. The van der Waals surface area contributed by atoms with Gasteiger partial charge in [0.2, 0.25) is 0 Å². The zero-order valence-electron chi connectivity index (χ0n) is 16.7. The van der Waals surface area contributed by atoms with Crippen LogP contribution in [0, 0.1) is 0 Å². The van der Waals surface area contributed by atoms with E-state index in [2.05, 4.69) is 32.2 Å². The molecule has 0 amide bonds. The topological polar surface area (TPSA) is 72.7 Å². The molecule has 0 aliphatic carbocycles. The number of hydrogen-bond acceptors (Lipinski definition) is 7. The van der Waals surface area contributed by atoms with Crippen molar-refractivity contribution in [1.82, 2.24) is 19.9 Å². The predicted molar refractivity (Wildman–Crippen MR) is 107 cm³/mol. The fourth-order valence-corrected chi connectivity index (χ4v) is 3.49. The number of para-hydroxylation sites is 2. The Morgan fingerprint density at radius 2 is 1.86 bits per heavy atom. The van der Waals surface area contributed by atoms with Crippen LogP contribution in [0.1, 0.15) is 30.3 Å². The molecule has 8 heteroatoms. The van der Waals surface area contributed by atoms with Gasteiger partial charge in [0, 0.05) is 32.7 Å². The number of benzene rings is 1. The minimum absolute atomic E-state index is 0.352. The van der Waals surface area contributed by atoms with Crippen LogP contribution >= 0.6 is 0 Å². The Kier molecular flexibility index (Phi) is 7.25. The van der Waals surface area contributed by atoms with E-state index in [1.807, 2.05) is 12.1 Å². The Morgan fingerprint density at radius 3 is 2.61 bits per heavy atom. The van der Waals surface area contributed by atoms with E-state index in [1.165, 1.54) is 11.9 Å². The molecule has 1 fully saturated rings. The molecule has 3 rings (SSSR count). The van der Waals surface area contributed by atoms with Crippen molar-refractivity contribution in [3.05, 3.63) is 36.2 Å². The molecule has 2 aromatic rings. The largest absolute Gasteiger partial charge is 0.495 e. The zero-order valence-corrected chi connectivity index (χ0v) is 16.7. The third kappa shape index (κ3) is 5.01. The van der Waals surface area contributed by atoms with Crippen molar-refractivity contribution < 1.29 is 14.3 Å². The SMILES string of the molecule is CCOC(=O)c1cnnn1CCCCN1CCN(c2ccccc2OC)CC1. The van der Waals surface area contributed by atoms with Crippen LogP contribution in [0.25, 0.3) is 0 Å². The van der Waals surface area contributed by atoms with E-state index >= 15 is 0 Å². The molecule has 2 heterocycles. The highest BCUT2D eigenvalue weighted by Crippen LogP contribution is 2.28. The first kappa shape index (κ1) is 20.1. The molecule has 152 valence electrons. The molecule has 0 unspecified atom stereocenters. The molecule has 1 aliphatic heterocycles. The Balaban J connectivity index is 1.40. The average molecular weight is 387 g/mol. The Bertz CT molecular complexity index is 756. The molecule has 0 bridgehead atoms. The summed E-state index contributed by atoms with van der Waals surface area (Å²) in [5.41, 5.74) is 1.59. The van der Waals surface area contributed by atoms with E-state index in [1.54, 1.807) is 18.7 Å². The monoisotopic (exact) mass is 387 g/mol. The van der Waals surface area contributed by atoms with Crippen LogP contribution in [0.5, 0.6) is 5.75 Å². The van der Waals surface area contributed by atoms with Crippen LogP contribution in [-0.4, -0.2) is 72.3 Å². The first-order valence-corrected chi connectivity index (χ1v) is 9.89. The van der Waals surface area contributed by atoms with Crippen molar-refractivity contribution in [2.75, 3.05) is 51.3 Å². The van der Waals surface area contributed by atoms with Crippen molar-refractivity contribution in [3.8, 4) is 5.75 Å².